The van der Waals surface area contributed by atoms with Gasteiger partial charge in [0, 0.05) is 25.4 Å². The van der Waals surface area contributed by atoms with Crippen LogP contribution in [0.2, 0.25) is 0 Å². The molecule has 1 unspecified atom stereocenters. The minimum atomic E-state index is -4.23. The van der Waals surface area contributed by atoms with Crippen LogP contribution < -0.4 is 0 Å². The van der Waals surface area contributed by atoms with E-state index < -0.39 is 18.7 Å². The van der Waals surface area contributed by atoms with Gasteiger partial charge in [-0.15, -0.1) is 0 Å². The first-order chi connectivity index (χ1) is 6.94. The smallest absolute Gasteiger partial charge is 0.385 e. The van der Waals surface area contributed by atoms with Gasteiger partial charge in [-0.05, 0) is 13.3 Å². The quantitative estimate of drug-likeness (QED) is 0.848. The summed E-state index contributed by atoms with van der Waals surface area (Å²) in [5.41, 5.74) is 0. The molecule has 86 valence electrons. The third-order valence-corrected chi connectivity index (χ3v) is 2.09. The van der Waals surface area contributed by atoms with E-state index in [1.807, 2.05) is 6.92 Å². The topological polar surface area (TPSA) is 38.0 Å². The Kier molecular flexibility index (Phi) is 3.73. The van der Waals surface area contributed by atoms with Gasteiger partial charge in [0.1, 0.15) is 11.9 Å². The zero-order chi connectivity index (χ0) is 11.5. The van der Waals surface area contributed by atoms with Crippen LogP contribution in [0, 0.1) is 0 Å². The van der Waals surface area contributed by atoms with Gasteiger partial charge in [-0.25, -0.2) is 4.98 Å². The van der Waals surface area contributed by atoms with Crippen LogP contribution in [0.5, 0.6) is 0 Å². The number of halogens is 3. The van der Waals surface area contributed by atoms with Crippen LogP contribution in [0.3, 0.4) is 0 Å². The van der Waals surface area contributed by atoms with Crippen molar-refractivity contribution in [1.82, 2.24) is 9.55 Å². The van der Waals surface area contributed by atoms with Crippen LogP contribution in [0.4, 0.5) is 13.2 Å². The molecule has 0 bridgehead atoms. The average Bonchev–Trinajstić information content (AvgIpc) is 2.60. The highest BCUT2D eigenvalue weighted by atomic mass is 19.4. The van der Waals surface area contributed by atoms with Crippen molar-refractivity contribution in [1.29, 1.82) is 0 Å². The average molecular weight is 222 g/mol. The van der Waals surface area contributed by atoms with E-state index in [1.165, 1.54) is 6.20 Å². The van der Waals surface area contributed by atoms with Gasteiger partial charge in [0.05, 0.1) is 0 Å². The SMILES string of the molecule is CCn1ccnc1C(O)CCC(F)(F)F. The van der Waals surface area contributed by atoms with E-state index in [-0.39, 0.29) is 6.42 Å². The molecule has 1 aromatic rings. The van der Waals surface area contributed by atoms with Crippen LogP contribution >= 0.6 is 0 Å². The van der Waals surface area contributed by atoms with Gasteiger partial charge in [-0.3, -0.25) is 0 Å². The maximum Gasteiger partial charge on any atom is 0.389 e. The highest BCUT2D eigenvalue weighted by molar-refractivity contribution is 4.96. The lowest BCUT2D eigenvalue weighted by Gasteiger charge is -2.13. The number of imidazole rings is 1. The molecular formula is C9H13F3N2O. The lowest BCUT2D eigenvalue weighted by molar-refractivity contribution is -0.140. The van der Waals surface area contributed by atoms with Crippen LogP contribution in [0.25, 0.3) is 0 Å². The van der Waals surface area contributed by atoms with Crippen LogP contribution in [-0.4, -0.2) is 20.8 Å². The second-order valence-electron chi connectivity index (χ2n) is 3.24. The van der Waals surface area contributed by atoms with Gasteiger partial charge in [-0.1, -0.05) is 0 Å². The number of rotatable bonds is 4. The van der Waals surface area contributed by atoms with Crippen molar-refractivity contribution in [3.05, 3.63) is 18.2 Å². The first kappa shape index (κ1) is 12.0. The number of hydrogen-bond acceptors (Lipinski definition) is 2. The number of nitrogens with zero attached hydrogens (tertiary/aromatic N) is 2. The Balaban J connectivity index is 2.57. The lowest BCUT2D eigenvalue weighted by atomic mass is 10.2. The fourth-order valence-corrected chi connectivity index (χ4v) is 1.32. The summed E-state index contributed by atoms with van der Waals surface area (Å²) in [5, 5.41) is 9.50. The van der Waals surface area contributed by atoms with Gasteiger partial charge < -0.3 is 9.67 Å². The molecule has 1 rings (SSSR count). The standard InChI is InChI=1S/C9H13F3N2O/c1-2-14-6-5-13-8(14)7(15)3-4-9(10,11)12/h5-7,15H,2-4H2,1H3. The minimum absolute atomic E-state index is 0.293. The van der Waals surface area contributed by atoms with E-state index in [0.717, 1.165) is 0 Å². The Morgan fingerprint density at radius 3 is 2.73 bits per heavy atom. The largest absolute Gasteiger partial charge is 0.389 e. The third kappa shape index (κ3) is 3.54. The van der Waals surface area contributed by atoms with E-state index in [0.29, 0.717) is 12.4 Å². The molecule has 3 nitrogen and oxygen atoms in total. The summed E-state index contributed by atoms with van der Waals surface area (Å²) in [6.07, 6.45) is -3.63. The first-order valence-corrected chi connectivity index (χ1v) is 4.70. The summed E-state index contributed by atoms with van der Waals surface area (Å²) in [6.45, 7) is 2.42. The van der Waals surface area contributed by atoms with Gasteiger partial charge in [0.25, 0.3) is 0 Å². The number of aryl methyl sites for hydroxylation is 1. The highest BCUT2D eigenvalue weighted by Crippen LogP contribution is 2.26. The number of hydrogen-bond donors (Lipinski definition) is 1. The lowest BCUT2D eigenvalue weighted by Crippen LogP contribution is -2.13. The molecule has 0 aliphatic heterocycles. The second-order valence-corrected chi connectivity index (χ2v) is 3.24. The predicted molar refractivity (Wildman–Crippen MR) is 48.1 cm³/mol. The molecule has 0 aliphatic rings. The minimum Gasteiger partial charge on any atom is -0.385 e. The van der Waals surface area contributed by atoms with Crippen molar-refractivity contribution in [3.63, 3.8) is 0 Å². The zero-order valence-corrected chi connectivity index (χ0v) is 8.33. The Bertz CT molecular complexity index is 309. The summed E-state index contributed by atoms with van der Waals surface area (Å²) in [6, 6.07) is 0. The van der Waals surface area contributed by atoms with Crippen molar-refractivity contribution < 1.29 is 18.3 Å². The van der Waals surface area contributed by atoms with Gasteiger partial charge in [0.15, 0.2) is 0 Å². The summed E-state index contributed by atoms with van der Waals surface area (Å²) < 4.78 is 37.3. The van der Waals surface area contributed by atoms with Crippen molar-refractivity contribution in [3.8, 4) is 0 Å². The van der Waals surface area contributed by atoms with E-state index in [9.17, 15) is 18.3 Å². The maximum atomic E-state index is 11.9. The van der Waals surface area contributed by atoms with Crippen LogP contribution in [0.15, 0.2) is 12.4 Å². The molecular weight excluding hydrogens is 209 g/mol. The molecule has 0 saturated heterocycles. The summed E-state index contributed by atoms with van der Waals surface area (Å²) in [5.74, 6) is 0.293. The third-order valence-electron chi connectivity index (χ3n) is 2.09. The Labute approximate surface area is 85.6 Å². The Morgan fingerprint density at radius 1 is 1.53 bits per heavy atom. The number of alkyl halides is 3. The maximum absolute atomic E-state index is 11.9. The number of aliphatic hydroxyl groups is 1. The van der Waals surface area contributed by atoms with E-state index in [1.54, 1.807) is 10.8 Å². The number of aliphatic hydroxyl groups excluding tert-OH is 1. The van der Waals surface area contributed by atoms with Gasteiger partial charge >= 0.3 is 6.18 Å². The molecule has 0 amide bonds. The van der Waals surface area contributed by atoms with Crippen molar-refractivity contribution in [2.75, 3.05) is 0 Å². The molecule has 0 radical (unpaired) electrons. The molecule has 0 aliphatic carbocycles. The highest BCUT2D eigenvalue weighted by Gasteiger charge is 2.29. The second kappa shape index (κ2) is 4.65. The molecule has 1 heterocycles. The molecule has 1 N–H and O–H groups in total. The van der Waals surface area contributed by atoms with Crippen molar-refractivity contribution >= 4 is 0 Å². The predicted octanol–water partition coefficient (Wildman–Crippen LogP) is 2.28. The summed E-state index contributed by atoms with van der Waals surface area (Å²) >= 11 is 0. The molecule has 0 saturated carbocycles. The molecule has 0 aromatic carbocycles. The fraction of sp³-hybridized carbons (Fsp3) is 0.667. The fourth-order valence-electron chi connectivity index (χ4n) is 1.32. The summed E-state index contributed by atoms with van der Waals surface area (Å²) in [7, 11) is 0. The van der Waals surface area contributed by atoms with Gasteiger partial charge in [0.2, 0.25) is 0 Å². The monoisotopic (exact) mass is 222 g/mol. The van der Waals surface area contributed by atoms with Gasteiger partial charge in [-0.2, -0.15) is 13.2 Å². The van der Waals surface area contributed by atoms with E-state index in [4.69, 9.17) is 0 Å². The number of aromatic nitrogens is 2. The van der Waals surface area contributed by atoms with Crippen LogP contribution in [-0.2, 0) is 6.54 Å². The summed E-state index contributed by atoms with van der Waals surface area (Å²) in [4.78, 5) is 3.83. The van der Waals surface area contributed by atoms with Crippen molar-refractivity contribution in [2.24, 2.45) is 0 Å². The van der Waals surface area contributed by atoms with Crippen LogP contribution in [0.1, 0.15) is 31.7 Å². The molecule has 0 spiro atoms. The van der Waals surface area contributed by atoms with E-state index >= 15 is 0 Å². The molecule has 1 atom stereocenters. The van der Waals surface area contributed by atoms with E-state index in [2.05, 4.69) is 4.98 Å². The Morgan fingerprint density at radius 2 is 2.20 bits per heavy atom. The first-order valence-electron chi connectivity index (χ1n) is 4.70. The molecule has 0 fully saturated rings. The van der Waals surface area contributed by atoms with Crippen molar-refractivity contribution in [2.45, 2.75) is 38.6 Å². The Hall–Kier alpha value is -1.04. The normalized spacial score (nSPS) is 14.2. The molecule has 6 heteroatoms. The molecule has 15 heavy (non-hydrogen) atoms. The zero-order valence-electron chi connectivity index (χ0n) is 8.33. The molecule has 1 aromatic heterocycles.